The number of nitrogens with two attached hydrogens (primary N) is 1. The van der Waals surface area contributed by atoms with Crippen molar-refractivity contribution in [3.05, 3.63) is 70.9 Å². The quantitative estimate of drug-likeness (QED) is 0.456. The van der Waals surface area contributed by atoms with Crippen molar-refractivity contribution >= 4 is 11.7 Å². The van der Waals surface area contributed by atoms with Crippen LogP contribution >= 0.6 is 0 Å². The van der Waals surface area contributed by atoms with Crippen LogP contribution in [0.15, 0.2) is 42.5 Å². The number of fused-ring (bicyclic) bond motifs is 2. The minimum atomic E-state index is -0.658. The number of benzene rings is 2. The van der Waals surface area contributed by atoms with E-state index in [1.54, 1.807) is 12.1 Å². The second kappa shape index (κ2) is 8.91. The maximum absolute atomic E-state index is 15.0. The average Bonchev–Trinajstić information content (AvgIpc) is 3.45. The van der Waals surface area contributed by atoms with Gasteiger partial charge in [-0.1, -0.05) is 44.5 Å². The molecule has 1 aromatic heterocycles. The number of piperidine rings is 1. The molecule has 6 rings (SSSR count). The topological polar surface area (TPSA) is 71.2 Å². The number of halogens is 2. The molecule has 5 nitrogen and oxygen atoms in total. The van der Waals surface area contributed by atoms with E-state index < -0.39 is 17.7 Å². The summed E-state index contributed by atoms with van der Waals surface area (Å²) in [7, 11) is 0. The Balaban J connectivity index is 1.29. The van der Waals surface area contributed by atoms with Crippen LogP contribution in [0, 0.1) is 23.6 Å². The summed E-state index contributed by atoms with van der Waals surface area (Å²) in [6.45, 7) is 8.39. The van der Waals surface area contributed by atoms with Gasteiger partial charge in [-0.3, -0.25) is 4.79 Å². The molecule has 2 fully saturated rings. The molecule has 1 saturated heterocycles. The Morgan fingerprint density at radius 2 is 1.95 bits per heavy atom. The lowest BCUT2D eigenvalue weighted by molar-refractivity contribution is 0.0941. The lowest BCUT2D eigenvalue weighted by Crippen LogP contribution is -2.32. The van der Waals surface area contributed by atoms with Crippen molar-refractivity contribution in [2.24, 2.45) is 11.8 Å². The van der Waals surface area contributed by atoms with E-state index in [0.29, 0.717) is 52.6 Å². The van der Waals surface area contributed by atoms with Gasteiger partial charge in [-0.2, -0.15) is 4.39 Å². The molecule has 3 N–H and O–H groups in total. The van der Waals surface area contributed by atoms with Crippen LogP contribution in [-0.4, -0.2) is 42.0 Å². The first-order valence-corrected chi connectivity index (χ1v) is 13.2. The van der Waals surface area contributed by atoms with Crippen LogP contribution < -0.4 is 11.1 Å². The molecule has 37 heavy (non-hydrogen) atoms. The molecule has 3 atom stereocenters. The zero-order valence-electron chi connectivity index (χ0n) is 21.3. The summed E-state index contributed by atoms with van der Waals surface area (Å²) in [6, 6.07) is 12.8. The van der Waals surface area contributed by atoms with E-state index >= 15 is 4.39 Å². The summed E-state index contributed by atoms with van der Waals surface area (Å²) in [4.78, 5) is 18.6. The standard InChI is InChI=1S/C30H32F2N4O/c1-3-17(2)14-36-15-22-13-30(22,16-36)21-6-4-18(5-7-21)23-12-24(28(33)35-27(23)32)20-10-19-8-9-34-29(37)26(19)25(31)11-20/h4-7,10-12,17,22H,3,8-9,13-16H2,1-2H3,(H2,33,35)(H,34,37)/t17?,22-,30+/m0/s1. The molecular weight excluding hydrogens is 470 g/mol. The third kappa shape index (κ3) is 4.09. The van der Waals surface area contributed by atoms with E-state index in [9.17, 15) is 9.18 Å². The Bertz CT molecular complexity index is 1390. The minimum Gasteiger partial charge on any atom is -0.383 e. The van der Waals surface area contributed by atoms with Crippen LogP contribution in [-0.2, 0) is 11.8 Å². The largest absolute Gasteiger partial charge is 0.383 e. The molecule has 0 bridgehead atoms. The van der Waals surface area contributed by atoms with Gasteiger partial charge >= 0.3 is 0 Å². The van der Waals surface area contributed by atoms with Crippen LogP contribution in [0.25, 0.3) is 22.3 Å². The normalized spacial score (nSPS) is 23.4. The first-order valence-electron chi connectivity index (χ1n) is 13.2. The summed E-state index contributed by atoms with van der Waals surface area (Å²) in [5.41, 5.74) is 10.3. The van der Waals surface area contributed by atoms with Gasteiger partial charge in [0.05, 0.1) is 5.56 Å². The molecule has 7 heteroatoms. The number of pyridine rings is 1. The second-order valence-electron chi connectivity index (χ2n) is 11.1. The Morgan fingerprint density at radius 1 is 1.16 bits per heavy atom. The molecule has 1 saturated carbocycles. The number of aromatic nitrogens is 1. The maximum atomic E-state index is 15.0. The number of carbonyl (C=O) groups excluding carboxylic acids is 1. The Kier molecular flexibility index (Phi) is 5.79. The number of rotatable bonds is 6. The van der Waals surface area contributed by atoms with Gasteiger partial charge in [-0.25, -0.2) is 9.37 Å². The van der Waals surface area contributed by atoms with Crippen molar-refractivity contribution in [1.29, 1.82) is 0 Å². The van der Waals surface area contributed by atoms with Crippen molar-refractivity contribution < 1.29 is 13.6 Å². The number of carbonyl (C=O) groups is 1. The van der Waals surface area contributed by atoms with E-state index in [-0.39, 0.29) is 16.8 Å². The van der Waals surface area contributed by atoms with E-state index in [1.165, 1.54) is 24.5 Å². The SMILES string of the molecule is CCC(C)CN1C[C@@H]2C[C@]2(c2ccc(-c3cc(-c4cc(F)c5c(c4)CCNC5=O)c(N)nc3F)cc2)C1. The number of likely N-dealkylation sites (tertiary alicyclic amines) is 1. The number of anilines is 1. The van der Waals surface area contributed by atoms with Crippen LogP contribution in [0.4, 0.5) is 14.6 Å². The number of nitrogens with one attached hydrogen (secondary N) is 1. The molecule has 0 radical (unpaired) electrons. The summed E-state index contributed by atoms with van der Waals surface area (Å²) in [5, 5.41) is 2.66. The Hall–Kier alpha value is -3.32. The van der Waals surface area contributed by atoms with Crippen LogP contribution in [0.2, 0.25) is 0 Å². The highest BCUT2D eigenvalue weighted by molar-refractivity contribution is 5.98. The van der Waals surface area contributed by atoms with E-state index in [4.69, 9.17) is 5.73 Å². The van der Waals surface area contributed by atoms with Gasteiger partial charge in [0.1, 0.15) is 11.6 Å². The average molecular weight is 503 g/mol. The predicted molar refractivity (Wildman–Crippen MR) is 141 cm³/mol. The molecule has 3 aliphatic rings. The third-order valence-electron chi connectivity index (χ3n) is 8.65. The number of hydrogen-bond donors (Lipinski definition) is 2. The van der Waals surface area contributed by atoms with Gasteiger partial charge in [0.2, 0.25) is 5.95 Å². The highest BCUT2D eigenvalue weighted by atomic mass is 19.1. The van der Waals surface area contributed by atoms with Crippen LogP contribution in [0.1, 0.15) is 48.2 Å². The fraction of sp³-hybridized carbons (Fsp3) is 0.400. The number of nitrogens with zero attached hydrogens (tertiary/aromatic N) is 2. The van der Waals surface area contributed by atoms with E-state index in [0.717, 1.165) is 19.6 Å². The summed E-state index contributed by atoms with van der Waals surface area (Å²) in [6.07, 6.45) is 2.93. The molecule has 1 unspecified atom stereocenters. The van der Waals surface area contributed by atoms with Crippen LogP contribution in [0.3, 0.4) is 0 Å². The van der Waals surface area contributed by atoms with Gasteiger partial charge in [0.25, 0.3) is 5.91 Å². The van der Waals surface area contributed by atoms with Crippen molar-refractivity contribution in [3.63, 3.8) is 0 Å². The van der Waals surface area contributed by atoms with Crippen molar-refractivity contribution in [2.45, 2.75) is 38.5 Å². The highest BCUT2D eigenvalue weighted by Gasteiger charge is 2.60. The summed E-state index contributed by atoms with van der Waals surface area (Å²) >= 11 is 0. The van der Waals surface area contributed by atoms with Gasteiger partial charge in [-0.05, 0) is 65.1 Å². The van der Waals surface area contributed by atoms with Gasteiger partial charge in [0.15, 0.2) is 0 Å². The molecular formula is C30H32F2N4O. The number of amides is 1. The molecule has 3 heterocycles. The Labute approximate surface area is 216 Å². The first kappa shape index (κ1) is 24.0. The molecule has 1 aliphatic carbocycles. The number of nitrogen functional groups attached to an aromatic ring is 1. The third-order valence-corrected chi connectivity index (χ3v) is 8.65. The molecule has 2 aliphatic heterocycles. The van der Waals surface area contributed by atoms with E-state index in [1.807, 2.05) is 12.1 Å². The molecule has 2 aromatic carbocycles. The molecule has 1 amide bonds. The van der Waals surface area contributed by atoms with Gasteiger partial charge in [-0.15, -0.1) is 0 Å². The second-order valence-corrected chi connectivity index (χ2v) is 11.1. The molecule has 192 valence electrons. The van der Waals surface area contributed by atoms with E-state index in [2.05, 4.69) is 41.2 Å². The lowest BCUT2D eigenvalue weighted by Gasteiger charge is -2.24. The molecule has 3 aromatic rings. The van der Waals surface area contributed by atoms with Crippen LogP contribution in [0.5, 0.6) is 0 Å². The zero-order valence-corrected chi connectivity index (χ0v) is 21.3. The summed E-state index contributed by atoms with van der Waals surface area (Å²) < 4.78 is 29.9. The Morgan fingerprint density at radius 3 is 2.70 bits per heavy atom. The first-order chi connectivity index (χ1) is 17.8. The van der Waals surface area contributed by atoms with Crippen molar-refractivity contribution in [1.82, 2.24) is 15.2 Å². The lowest BCUT2D eigenvalue weighted by atomic mass is 9.91. The van der Waals surface area contributed by atoms with Gasteiger partial charge < -0.3 is 16.0 Å². The highest BCUT2D eigenvalue weighted by Crippen LogP contribution is 2.59. The predicted octanol–water partition coefficient (Wildman–Crippen LogP) is 5.18. The zero-order chi connectivity index (χ0) is 25.9. The maximum Gasteiger partial charge on any atom is 0.254 e. The number of hydrogen-bond acceptors (Lipinski definition) is 4. The fourth-order valence-corrected chi connectivity index (χ4v) is 6.33. The monoisotopic (exact) mass is 502 g/mol. The smallest absolute Gasteiger partial charge is 0.254 e. The van der Waals surface area contributed by atoms with Crippen molar-refractivity contribution in [3.8, 4) is 22.3 Å². The van der Waals surface area contributed by atoms with Crippen molar-refractivity contribution in [2.75, 3.05) is 31.9 Å². The van der Waals surface area contributed by atoms with Gasteiger partial charge in [0, 0.05) is 42.7 Å². The molecule has 0 spiro atoms. The minimum absolute atomic E-state index is 0.00968. The summed E-state index contributed by atoms with van der Waals surface area (Å²) in [5.74, 6) is -0.299. The fourth-order valence-electron chi connectivity index (χ4n) is 6.33.